The molecule has 0 unspecified atom stereocenters. The average molecular weight is 385 g/mol. The third kappa shape index (κ3) is 4.27. The Kier molecular flexibility index (Phi) is 6.05. The van der Waals surface area contributed by atoms with Crippen molar-refractivity contribution in [3.05, 3.63) is 64.7 Å². The van der Waals surface area contributed by atoms with E-state index in [1.54, 1.807) is 38.5 Å². The molecule has 1 heterocycles. The Morgan fingerprint density at radius 2 is 1.89 bits per heavy atom. The number of carbonyl (C=O) groups is 1. The van der Waals surface area contributed by atoms with E-state index < -0.39 is 5.97 Å². The van der Waals surface area contributed by atoms with Crippen molar-refractivity contribution in [1.29, 1.82) is 0 Å². The minimum atomic E-state index is -0.437. The first-order valence-electron chi connectivity index (χ1n) is 8.19. The third-order valence-electron chi connectivity index (χ3n) is 3.91. The molecule has 6 nitrogen and oxygen atoms in total. The standard InChI is InChI=1S/C20H19NO5S/c1-24-17-5-3-4-16(18(17)25-2)19-21-15(12-27-19)11-26-20(23)14-8-6-13(10-22)7-9-14/h3-9,12,22H,10-11H2,1-2H3. The monoisotopic (exact) mass is 385 g/mol. The highest BCUT2D eigenvalue weighted by molar-refractivity contribution is 7.13. The third-order valence-corrected chi connectivity index (χ3v) is 4.83. The summed E-state index contributed by atoms with van der Waals surface area (Å²) in [6.45, 7) is 0.00797. The Morgan fingerprint density at radius 3 is 2.56 bits per heavy atom. The van der Waals surface area contributed by atoms with Gasteiger partial charge in [-0.2, -0.15) is 0 Å². The van der Waals surface area contributed by atoms with Crippen LogP contribution in [0.25, 0.3) is 10.6 Å². The summed E-state index contributed by atoms with van der Waals surface area (Å²) in [6.07, 6.45) is 0. The van der Waals surface area contributed by atoms with E-state index in [9.17, 15) is 4.79 Å². The van der Waals surface area contributed by atoms with Gasteiger partial charge in [0.15, 0.2) is 11.5 Å². The van der Waals surface area contributed by atoms with Gasteiger partial charge in [-0.05, 0) is 29.8 Å². The summed E-state index contributed by atoms with van der Waals surface area (Å²) >= 11 is 1.44. The molecule has 0 atom stereocenters. The van der Waals surface area contributed by atoms with Crippen molar-refractivity contribution in [2.45, 2.75) is 13.2 Å². The number of carbonyl (C=O) groups excluding carboxylic acids is 1. The van der Waals surface area contributed by atoms with Crippen molar-refractivity contribution in [1.82, 2.24) is 4.98 Å². The van der Waals surface area contributed by atoms with Crippen molar-refractivity contribution in [3.8, 4) is 22.1 Å². The van der Waals surface area contributed by atoms with Crippen LogP contribution in [0.5, 0.6) is 11.5 Å². The van der Waals surface area contributed by atoms with E-state index in [4.69, 9.17) is 19.3 Å². The lowest BCUT2D eigenvalue weighted by atomic mass is 10.1. The number of aromatic nitrogens is 1. The minimum Gasteiger partial charge on any atom is -0.493 e. The molecule has 0 aliphatic carbocycles. The zero-order valence-electron chi connectivity index (χ0n) is 15.0. The molecular weight excluding hydrogens is 366 g/mol. The summed E-state index contributed by atoms with van der Waals surface area (Å²) < 4.78 is 16.1. The van der Waals surface area contributed by atoms with Crippen LogP contribution in [0.3, 0.4) is 0 Å². The highest BCUT2D eigenvalue weighted by Gasteiger charge is 2.15. The molecule has 140 valence electrons. The predicted octanol–water partition coefficient (Wildman–Crippen LogP) is 3.68. The predicted molar refractivity (Wildman–Crippen MR) is 102 cm³/mol. The number of ether oxygens (including phenoxy) is 3. The van der Waals surface area contributed by atoms with Crippen molar-refractivity contribution in [2.75, 3.05) is 14.2 Å². The fourth-order valence-corrected chi connectivity index (χ4v) is 3.35. The fourth-order valence-electron chi connectivity index (χ4n) is 2.52. The van der Waals surface area contributed by atoms with Gasteiger partial charge in [0.05, 0.1) is 37.6 Å². The van der Waals surface area contributed by atoms with Gasteiger partial charge in [-0.25, -0.2) is 9.78 Å². The molecule has 2 aromatic carbocycles. The molecule has 1 N–H and O–H groups in total. The van der Waals surface area contributed by atoms with Crippen LogP contribution in [0.4, 0.5) is 0 Å². The van der Waals surface area contributed by atoms with Crippen LogP contribution >= 0.6 is 11.3 Å². The number of hydrogen-bond donors (Lipinski definition) is 1. The second-order valence-electron chi connectivity index (χ2n) is 5.62. The molecule has 0 bridgehead atoms. The van der Waals surface area contributed by atoms with Gasteiger partial charge < -0.3 is 19.3 Å². The Bertz CT molecular complexity index is 920. The molecule has 0 spiro atoms. The van der Waals surface area contributed by atoms with Crippen LogP contribution < -0.4 is 9.47 Å². The SMILES string of the molecule is COc1cccc(-c2nc(COC(=O)c3ccc(CO)cc3)cs2)c1OC. The van der Waals surface area contributed by atoms with Gasteiger partial charge in [-0.1, -0.05) is 18.2 Å². The summed E-state index contributed by atoms with van der Waals surface area (Å²) in [6, 6.07) is 12.2. The van der Waals surface area contributed by atoms with E-state index >= 15 is 0 Å². The summed E-state index contributed by atoms with van der Waals surface area (Å²) in [5.74, 6) is 0.805. The number of hydrogen-bond acceptors (Lipinski definition) is 7. The topological polar surface area (TPSA) is 77.9 Å². The molecule has 0 fully saturated rings. The number of benzene rings is 2. The van der Waals surface area contributed by atoms with E-state index in [0.717, 1.165) is 16.1 Å². The van der Waals surface area contributed by atoms with Crippen LogP contribution in [-0.2, 0) is 18.0 Å². The smallest absolute Gasteiger partial charge is 0.338 e. The lowest BCUT2D eigenvalue weighted by Crippen LogP contribution is -2.05. The maximum Gasteiger partial charge on any atom is 0.338 e. The summed E-state index contributed by atoms with van der Waals surface area (Å²) in [4.78, 5) is 16.7. The lowest BCUT2D eigenvalue weighted by Gasteiger charge is -2.10. The molecule has 0 aliphatic heterocycles. The summed E-state index contributed by atoms with van der Waals surface area (Å²) in [7, 11) is 3.17. The van der Waals surface area contributed by atoms with Gasteiger partial charge in [-0.3, -0.25) is 0 Å². The van der Waals surface area contributed by atoms with E-state index in [0.29, 0.717) is 22.8 Å². The van der Waals surface area contributed by atoms with E-state index in [1.807, 2.05) is 23.6 Å². The Labute approximate surface area is 161 Å². The lowest BCUT2D eigenvalue weighted by molar-refractivity contribution is 0.0468. The second-order valence-corrected chi connectivity index (χ2v) is 6.47. The zero-order chi connectivity index (χ0) is 19.2. The van der Waals surface area contributed by atoms with Gasteiger partial charge in [0.25, 0.3) is 0 Å². The fraction of sp³-hybridized carbons (Fsp3) is 0.200. The maximum atomic E-state index is 12.1. The summed E-state index contributed by atoms with van der Waals surface area (Å²) in [5, 5.41) is 11.6. The van der Waals surface area contributed by atoms with Crippen LogP contribution in [0.1, 0.15) is 21.6 Å². The molecule has 1 aromatic heterocycles. The van der Waals surface area contributed by atoms with Gasteiger partial charge in [0.2, 0.25) is 0 Å². The highest BCUT2D eigenvalue weighted by atomic mass is 32.1. The quantitative estimate of drug-likeness (QED) is 0.625. The van der Waals surface area contributed by atoms with Gasteiger partial charge in [0, 0.05) is 5.38 Å². The number of nitrogens with zero attached hydrogens (tertiary/aromatic N) is 1. The zero-order valence-corrected chi connectivity index (χ0v) is 15.8. The van der Waals surface area contributed by atoms with Crippen molar-refractivity contribution in [3.63, 3.8) is 0 Å². The molecule has 27 heavy (non-hydrogen) atoms. The molecule has 7 heteroatoms. The average Bonchev–Trinajstić information content (AvgIpc) is 3.20. The maximum absolute atomic E-state index is 12.1. The van der Waals surface area contributed by atoms with Crippen molar-refractivity contribution >= 4 is 17.3 Å². The largest absolute Gasteiger partial charge is 0.493 e. The van der Waals surface area contributed by atoms with Crippen LogP contribution in [-0.4, -0.2) is 30.3 Å². The number of para-hydroxylation sites is 1. The molecule has 0 amide bonds. The van der Waals surface area contributed by atoms with Crippen LogP contribution in [0, 0.1) is 0 Å². The van der Waals surface area contributed by atoms with E-state index in [-0.39, 0.29) is 13.2 Å². The van der Waals surface area contributed by atoms with Crippen LogP contribution in [0.15, 0.2) is 47.8 Å². The van der Waals surface area contributed by atoms with Crippen molar-refractivity contribution < 1.29 is 24.1 Å². The van der Waals surface area contributed by atoms with E-state index in [2.05, 4.69) is 4.98 Å². The first kappa shape index (κ1) is 18.9. The molecule has 0 saturated heterocycles. The normalized spacial score (nSPS) is 10.5. The first-order chi connectivity index (χ1) is 13.2. The highest BCUT2D eigenvalue weighted by Crippen LogP contribution is 2.39. The number of aliphatic hydroxyl groups excluding tert-OH is 1. The summed E-state index contributed by atoms with van der Waals surface area (Å²) in [5.41, 5.74) is 2.64. The Balaban J connectivity index is 1.70. The molecule has 0 saturated carbocycles. The molecule has 3 rings (SSSR count). The van der Waals surface area contributed by atoms with Crippen molar-refractivity contribution in [2.24, 2.45) is 0 Å². The first-order valence-corrected chi connectivity index (χ1v) is 9.07. The Morgan fingerprint density at radius 1 is 1.11 bits per heavy atom. The number of rotatable bonds is 7. The minimum absolute atomic E-state index is 0.0648. The van der Waals surface area contributed by atoms with Crippen LogP contribution in [0.2, 0.25) is 0 Å². The molecule has 3 aromatic rings. The van der Waals surface area contributed by atoms with Gasteiger partial charge >= 0.3 is 5.97 Å². The number of methoxy groups -OCH3 is 2. The second kappa shape index (κ2) is 8.66. The van der Waals surface area contributed by atoms with Gasteiger partial charge in [0.1, 0.15) is 11.6 Å². The number of thiazole rings is 1. The Hall–Kier alpha value is -2.90. The molecular formula is C20H19NO5S. The van der Waals surface area contributed by atoms with E-state index in [1.165, 1.54) is 11.3 Å². The number of aliphatic hydroxyl groups is 1. The number of esters is 1. The van der Waals surface area contributed by atoms with Gasteiger partial charge in [-0.15, -0.1) is 11.3 Å². The molecule has 0 aliphatic rings. The molecule has 0 radical (unpaired) electrons.